The van der Waals surface area contributed by atoms with Crippen LogP contribution in [0.25, 0.3) is 0 Å². The van der Waals surface area contributed by atoms with E-state index in [1.165, 1.54) is 270 Å². The van der Waals surface area contributed by atoms with Crippen molar-refractivity contribution in [1.29, 1.82) is 0 Å². The van der Waals surface area contributed by atoms with Gasteiger partial charge in [0.2, 0.25) is 0 Å². The molecule has 0 aliphatic heterocycles. The van der Waals surface area contributed by atoms with Crippen molar-refractivity contribution in [2.45, 2.75) is 478 Å². The van der Waals surface area contributed by atoms with Gasteiger partial charge in [-0.1, -0.05) is 408 Å². The number of phosphoric acid groups is 2. The van der Waals surface area contributed by atoms with E-state index in [4.69, 9.17) is 37.0 Å². The van der Waals surface area contributed by atoms with Gasteiger partial charge >= 0.3 is 39.5 Å². The zero-order valence-electron chi connectivity index (χ0n) is 69.9. The standard InChI is InChI=1S/C87H170O17P2/c1-8-10-11-12-13-14-15-16-17-18-19-20-21-22-23-24-29-32-42-49-56-63-70-86(91)103-82(74-97-84(89)68-61-54-47-40-31-28-26-25-27-30-37-44-51-58-65-78(3)4)76-101-105(93,94)99-72-81(88)73-100-106(95,96)102-77-83(75-98-85(90)69-62-55-48-41-35-33-38-45-52-59-66-79(5)6)104-87(92)71-64-57-50-43-36-34-39-46-53-60-67-80(7)9-2/h78-83,88H,8-77H2,1-7H3,(H,93,94)(H,95,96)/t80?,81-,82-,83-/m1/s1. The van der Waals surface area contributed by atoms with Crippen molar-refractivity contribution in [3.05, 3.63) is 0 Å². The molecule has 0 saturated carbocycles. The molecule has 0 spiro atoms. The molecule has 19 heteroatoms. The van der Waals surface area contributed by atoms with Crippen molar-refractivity contribution in [2.75, 3.05) is 39.6 Å². The fourth-order valence-corrected chi connectivity index (χ4v) is 15.1. The molecular weight excluding hydrogens is 1380 g/mol. The van der Waals surface area contributed by atoms with Crippen LogP contribution in [0.5, 0.6) is 0 Å². The van der Waals surface area contributed by atoms with E-state index in [0.717, 1.165) is 108 Å². The lowest BCUT2D eigenvalue weighted by Gasteiger charge is -2.21. The highest BCUT2D eigenvalue weighted by Gasteiger charge is 2.31. The molecule has 0 fully saturated rings. The predicted molar refractivity (Wildman–Crippen MR) is 437 cm³/mol. The maximum Gasteiger partial charge on any atom is 0.472 e. The van der Waals surface area contributed by atoms with Gasteiger partial charge in [0.05, 0.1) is 26.4 Å². The summed E-state index contributed by atoms with van der Waals surface area (Å²) in [6.07, 6.45) is 68.0. The summed E-state index contributed by atoms with van der Waals surface area (Å²) in [4.78, 5) is 73.3. The van der Waals surface area contributed by atoms with Gasteiger partial charge in [-0.25, -0.2) is 9.13 Å². The van der Waals surface area contributed by atoms with E-state index < -0.39 is 97.5 Å². The zero-order chi connectivity index (χ0) is 77.9. The Hall–Kier alpha value is -1.94. The molecule has 17 nitrogen and oxygen atoms in total. The number of ether oxygens (including phenoxy) is 4. The molecule has 0 aromatic rings. The molecule has 6 atom stereocenters. The van der Waals surface area contributed by atoms with Crippen LogP contribution in [-0.4, -0.2) is 96.7 Å². The number of aliphatic hydroxyl groups is 1. The van der Waals surface area contributed by atoms with Crippen LogP contribution in [0.3, 0.4) is 0 Å². The number of rotatable bonds is 85. The fraction of sp³-hybridized carbons (Fsp3) is 0.954. The third-order valence-corrected chi connectivity index (χ3v) is 22.6. The number of unbranched alkanes of at least 4 members (excludes halogenated alkanes) is 52. The first kappa shape index (κ1) is 104. The van der Waals surface area contributed by atoms with E-state index in [1.54, 1.807) is 0 Å². The molecule has 106 heavy (non-hydrogen) atoms. The number of phosphoric ester groups is 2. The van der Waals surface area contributed by atoms with E-state index >= 15 is 0 Å². The van der Waals surface area contributed by atoms with Crippen LogP contribution in [0.2, 0.25) is 0 Å². The molecule has 0 aromatic carbocycles. The van der Waals surface area contributed by atoms with Gasteiger partial charge in [0.25, 0.3) is 0 Å². The molecule has 0 aliphatic rings. The summed E-state index contributed by atoms with van der Waals surface area (Å²) in [5.41, 5.74) is 0. The summed E-state index contributed by atoms with van der Waals surface area (Å²) < 4.78 is 68.9. The lowest BCUT2D eigenvalue weighted by molar-refractivity contribution is -0.161. The average molecular weight is 1550 g/mol. The number of hydrogen-bond donors (Lipinski definition) is 3. The maximum atomic E-state index is 13.2. The van der Waals surface area contributed by atoms with Crippen LogP contribution < -0.4 is 0 Å². The Balaban J connectivity index is 5.25. The van der Waals surface area contributed by atoms with Crippen molar-refractivity contribution in [3.63, 3.8) is 0 Å². The molecule has 630 valence electrons. The first-order chi connectivity index (χ1) is 51.3. The van der Waals surface area contributed by atoms with Crippen molar-refractivity contribution >= 4 is 39.5 Å². The van der Waals surface area contributed by atoms with Gasteiger partial charge in [0.1, 0.15) is 19.3 Å². The molecular formula is C87H170O17P2. The van der Waals surface area contributed by atoms with Crippen LogP contribution in [0.1, 0.15) is 459 Å². The third kappa shape index (κ3) is 78.7. The minimum atomic E-state index is -4.97. The van der Waals surface area contributed by atoms with Crippen LogP contribution >= 0.6 is 15.6 Å². The predicted octanol–water partition coefficient (Wildman–Crippen LogP) is 26.5. The largest absolute Gasteiger partial charge is 0.472 e. The highest BCUT2D eigenvalue weighted by Crippen LogP contribution is 2.45. The molecule has 0 aliphatic carbocycles. The third-order valence-electron chi connectivity index (χ3n) is 20.7. The average Bonchev–Trinajstić information content (AvgIpc) is 0.901. The Morgan fingerprint density at radius 2 is 0.481 bits per heavy atom. The number of carbonyl (C=O) groups excluding carboxylic acids is 4. The molecule has 0 saturated heterocycles. The summed E-state index contributed by atoms with van der Waals surface area (Å²) in [7, 11) is -9.93. The van der Waals surface area contributed by atoms with Gasteiger partial charge in [-0.15, -0.1) is 0 Å². The Labute approximate surface area is 651 Å². The van der Waals surface area contributed by atoms with Crippen LogP contribution in [-0.2, 0) is 65.4 Å². The fourth-order valence-electron chi connectivity index (χ4n) is 13.5. The van der Waals surface area contributed by atoms with E-state index in [1.807, 2.05) is 0 Å². The van der Waals surface area contributed by atoms with E-state index in [9.17, 15) is 43.2 Å². The maximum absolute atomic E-state index is 13.2. The van der Waals surface area contributed by atoms with Gasteiger partial charge in [-0.05, 0) is 43.4 Å². The summed E-state index contributed by atoms with van der Waals surface area (Å²) >= 11 is 0. The summed E-state index contributed by atoms with van der Waals surface area (Å²) in [5.74, 6) is 0.256. The minimum absolute atomic E-state index is 0.106. The van der Waals surface area contributed by atoms with Crippen molar-refractivity contribution < 1.29 is 80.2 Å². The Morgan fingerprint density at radius 1 is 0.274 bits per heavy atom. The molecule has 0 aromatic heterocycles. The molecule has 3 N–H and O–H groups in total. The van der Waals surface area contributed by atoms with E-state index in [2.05, 4.69) is 48.5 Å². The second-order valence-corrected chi connectivity index (χ2v) is 35.4. The number of carbonyl (C=O) groups is 4. The van der Waals surface area contributed by atoms with Crippen molar-refractivity contribution in [2.24, 2.45) is 17.8 Å². The second kappa shape index (κ2) is 77.0. The lowest BCUT2D eigenvalue weighted by Crippen LogP contribution is -2.30. The first-order valence-corrected chi connectivity index (χ1v) is 47.9. The van der Waals surface area contributed by atoms with Gasteiger partial charge in [0.15, 0.2) is 12.2 Å². The van der Waals surface area contributed by atoms with E-state index in [-0.39, 0.29) is 25.7 Å². The SMILES string of the molecule is CCCCCCCCCCCCCCCCCCCCCCCCC(=O)O[C@H](COC(=O)CCCCCCCCCCCCCCCCC(C)C)COP(=O)(O)OC[C@@H](O)COP(=O)(O)OC[C@@H](COC(=O)CCCCCCCCCCCCC(C)C)OC(=O)CCCCCCCCCCCCC(C)CC. The molecule has 0 radical (unpaired) electrons. The number of hydrogen-bond acceptors (Lipinski definition) is 15. The highest BCUT2D eigenvalue weighted by atomic mass is 31.2. The minimum Gasteiger partial charge on any atom is -0.462 e. The molecule has 0 rings (SSSR count). The van der Waals surface area contributed by atoms with Gasteiger partial charge in [-0.2, -0.15) is 0 Å². The molecule has 0 heterocycles. The Morgan fingerprint density at radius 3 is 0.717 bits per heavy atom. The molecule has 0 bridgehead atoms. The second-order valence-electron chi connectivity index (χ2n) is 32.5. The molecule has 3 unspecified atom stereocenters. The van der Waals surface area contributed by atoms with Crippen LogP contribution in [0, 0.1) is 17.8 Å². The number of esters is 4. The quantitative estimate of drug-likeness (QED) is 0.0222. The highest BCUT2D eigenvalue weighted by molar-refractivity contribution is 7.47. The van der Waals surface area contributed by atoms with Gasteiger partial charge < -0.3 is 33.8 Å². The molecule has 0 amide bonds. The van der Waals surface area contributed by atoms with Gasteiger partial charge in [0, 0.05) is 25.7 Å². The Bertz CT molecular complexity index is 2050. The first-order valence-electron chi connectivity index (χ1n) is 44.9. The van der Waals surface area contributed by atoms with E-state index in [0.29, 0.717) is 25.7 Å². The normalized spacial score (nSPS) is 14.1. The summed E-state index contributed by atoms with van der Waals surface area (Å²) in [6, 6.07) is 0. The van der Waals surface area contributed by atoms with Crippen molar-refractivity contribution in [3.8, 4) is 0 Å². The van der Waals surface area contributed by atoms with Crippen LogP contribution in [0.15, 0.2) is 0 Å². The topological polar surface area (TPSA) is 237 Å². The summed E-state index contributed by atoms with van der Waals surface area (Å²) in [6.45, 7) is 12.0. The Kier molecular flexibility index (Phi) is 75.6. The number of aliphatic hydroxyl groups excluding tert-OH is 1. The van der Waals surface area contributed by atoms with Crippen LogP contribution in [0.4, 0.5) is 0 Å². The summed E-state index contributed by atoms with van der Waals surface area (Å²) in [5, 5.41) is 10.7. The van der Waals surface area contributed by atoms with Crippen molar-refractivity contribution in [1.82, 2.24) is 0 Å². The van der Waals surface area contributed by atoms with Gasteiger partial charge in [-0.3, -0.25) is 37.3 Å². The lowest BCUT2D eigenvalue weighted by atomic mass is 9.99. The monoisotopic (exact) mass is 1550 g/mol. The smallest absolute Gasteiger partial charge is 0.462 e. The zero-order valence-corrected chi connectivity index (χ0v) is 71.7.